The van der Waals surface area contributed by atoms with E-state index in [0.717, 1.165) is 23.7 Å². The molecule has 0 N–H and O–H groups in total. The van der Waals surface area contributed by atoms with Gasteiger partial charge in [-0.3, -0.25) is 0 Å². The number of nitrogens with zero attached hydrogens (tertiary/aromatic N) is 1. The van der Waals surface area contributed by atoms with Crippen LogP contribution in [0.1, 0.15) is 73.1 Å². The number of likely N-dealkylation sites (tertiary alicyclic amines) is 1. The maximum absolute atomic E-state index is 2.67. The van der Waals surface area contributed by atoms with Gasteiger partial charge in [0.1, 0.15) is 0 Å². The first-order valence-corrected chi connectivity index (χ1v) is 8.73. The molecule has 1 aliphatic rings. The van der Waals surface area contributed by atoms with Crippen molar-refractivity contribution in [1.82, 2.24) is 4.90 Å². The van der Waals surface area contributed by atoms with E-state index in [1.807, 2.05) is 0 Å². The van der Waals surface area contributed by atoms with E-state index in [1.165, 1.54) is 58.2 Å². The van der Waals surface area contributed by atoms with Gasteiger partial charge in [-0.05, 0) is 56.0 Å². The van der Waals surface area contributed by atoms with Crippen LogP contribution in [0.4, 0.5) is 0 Å². The molecule has 2 atom stereocenters. The van der Waals surface area contributed by atoms with Crippen LogP contribution in [0.2, 0.25) is 0 Å². The molecule has 1 rings (SSSR count). The number of piperidine rings is 1. The Morgan fingerprint density at radius 3 is 2.05 bits per heavy atom. The average molecular weight is 268 g/mol. The van der Waals surface area contributed by atoms with Crippen LogP contribution in [0.25, 0.3) is 0 Å². The van der Waals surface area contributed by atoms with E-state index in [9.17, 15) is 0 Å². The third-order valence-corrected chi connectivity index (χ3v) is 4.92. The van der Waals surface area contributed by atoms with Gasteiger partial charge in [0.25, 0.3) is 0 Å². The van der Waals surface area contributed by atoms with Gasteiger partial charge in [-0.2, -0.15) is 0 Å². The second-order valence-electron chi connectivity index (χ2n) is 7.57. The van der Waals surface area contributed by atoms with Crippen molar-refractivity contribution >= 4 is 0 Å². The summed E-state index contributed by atoms with van der Waals surface area (Å²) >= 11 is 0. The van der Waals surface area contributed by atoms with Gasteiger partial charge in [-0.15, -0.1) is 0 Å². The molecule has 0 aromatic rings. The predicted molar refractivity (Wildman–Crippen MR) is 86.5 cm³/mol. The fourth-order valence-electron chi connectivity index (χ4n) is 3.38. The van der Waals surface area contributed by atoms with Crippen molar-refractivity contribution < 1.29 is 0 Å². The van der Waals surface area contributed by atoms with Crippen LogP contribution in [0, 0.1) is 23.7 Å². The normalized spacial score (nSPS) is 21.8. The van der Waals surface area contributed by atoms with Crippen LogP contribution < -0.4 is 0 Å². The van der Waals surface area contributed by atoms with Crippen molar-refractivity contribution in [2.75, 3.05) is 19.6 Å². The van der Waals surface area contributed by atoms with E-state index in [1.54, 1.807) is 0 Å². The molecule has 1 nitrogen and oxygen atoms in total. The molecule has 19 heavy (non-hydrogen) atoms. The maximum atomic E-state index is 2.67. The lowest BCUT2D eigenvalue weighted by Gasteiger charge is -2.34. The summed E-state index contributed by atoms with van der Waals surface area (Å²) in [5, 5.41) is 0. The number of hydrogen-bond acceptors (Lipinski definition) is 1. The summed E-state index contributed by atoms with van der Waals surface area (Å²) in [5.74, 6) is 3.70. The molecule has 2 unspecified atom stereocenters. The second-order valence-corrected chi connectivity index (χ2v) is 7.57. The summed E-state index contributed by atoms with van der Waals surface area (Å²) in [6, 6.07) is 0. The lowest BCUT2D eigenvalue weighted by atomic mass is 9.84. The Labute approximate surface area is 122 Å². The van der Waals surface area contributed by atoms with Crippen molar-refractivity contribution in [1.29, 1.82) is 0 Å². The van der Waals surface area contributed by atoms with Crippen molar-refractivity contribution in [3.8, 4) is 0 Å². The van der Waals surface area contributed by atoms with Crippen molar-refractivity contribution in [3.63, 3.8) is 0 Å². The molecule has 1 heteroatoms. The molecule has 0 aromatic carbocycles. The highest BCUT2D eigenvalue weighted by Crippen LogP contribution is 2.27. The Morgan fingerprint density at radius 2 is 1.53 bits per heavy atom. The van der Waals surface area contributed by atoms with Crippen LogP contribution in [0.5, 0.6) is 0 Å². The second kappa shape index (κ2) is 9.00. The van der Waals surface area contributed by atoms with Crippen LogP contribution in [0.3, 0.4) is 0 Å². The van der Waals surface area contributed by atoms with E-state index in [0.29, 0.717) is 0 Å². The minimum Gasteiger partial charge on any atom is -0.303 e. The third kappa shape index (κ3) is 7.34. The Hall–Kier alpha value is -0.0400. The molecule has 0 amide bonds. The molecule has 1 aliphatic heterocycles. The van der Waals surface area contributed by atoms with Crippen LogP contribution >= 0.6 is 0 Å². The summed E-state index contributed by atoms with van der Waals surface area (Å²) in [4.78, 5) is 2.67. The van der Waals surface area contributed by atoms with Crippen LogP contribution in [-0.4, -0.2) is 24.5 Å². The fourth-order valence-corrected chi connectivity index (χ4v) is 3.38. The summed E-state index contributed by atoms with van der Waals surface area (Å²) in [6.45, 7) is 15.9. The monoisotopic (exact) mass is 267 g/mol. The first kappa shape index (κ1) is 17.0. The quantitative estimate of drug-likeness (QED) is 0.584. The summed E-state index contributed by atoms with van der Waals surface area (Å²) < 4.78 is 0. The molecule has 0 radical (unpaired) electrons. The largest absolute Gasteiger partial charge is 0.303 e. The number of hydrogen-bond donors (Lipinski definition) is 0. The standard InChI is InChI=1S/C18H37N/c1-6-16(4)7-8-17(5)13-18-9-11-19(12-10-18)14-15(2)3/h15-18H,6-14H2,1-5H3. The van der Waals surface area contributed by atoms with Gasteiger partial charge >= 0.3 is 0 Å². The minimum atomic E-state index is 0.825. The van der Waals surface area contributed by atoms with Crippen LogP contribution in [0.15, 0.2) is 0 Å². The zero-order valence-corrected chi connectivity index (χ0v) is 14.1. The molecule has 1 heterocycles. The van der Waals surface area contributed by atoms with Crippen molar-refractivity contribution in [2.45, 2.75) is 73.1 Å². The molecule has 0 aliphatic carbocycles. The lowest BCUT2D eigenvalue weighted by molar-refractivity contribution is 0.153. The van der Waals surface area contributed by atoms with E-state index < -0.39 is 0 Å². The lowest BCUT2D eigenvalue weighted by Crippen LogP contribution is -2.36. The van der Waals surface area contributed by atoms with Gasteiger partial charge < -0.3 is 4.90 Å². The smallest absolute Gasteiger partial charge is 0.000439 e. The molecule has 0 aromatic heterocycles. The van der Waals surface area contributed by atoms with Gasteiger partial charge in [-0.25, -0.2) is 0 Å². The Kier molecular flexibility index (Phi) is 8.06. The molecule has 114 valence electrons. The van der Waals surface area contributed by atoms with Crippen LogP contribution in [-0.2, 0) is 0 Å². The van der Waals surface area contributed by atoms with Gasteiger partial charge in [0.05, 0.1) is 0 Å². The summed E-state index contributed by atoms with van der Waals surface area (Å²) in [7, 11) is 0. The highest BCUT2D eigenvalue weighted by Gasteiger charge is 2.21. The minimum absolute atomic E-state index is 0.825. The third-order valence-electron chi connectivity index (χ3n) is 4.92. The van der Waals surface area contributed by atoms with Gasteiger partial charge in [0.15, 0.2) is 0 Å². The zero-order chi connectivity index (χ0) is 14.3. The van der Waals surface area contributed by atoms with E-state index in [2.05, 4.69) is 39.5 Å². The average Bonchev–Trinajstić information content (AvgIpc) is 2.37. The van der Waals surface area contributed by atoms with Gasteiger partial charge in [-0.1, -0.05) is 53.9 Å². The molecule has 0 saturated carbocycles. The zero-order valence-electron chi connectivity index (χ0n) is 14.1. The predicted octanol–water partition coefficient (Wildman–Crippen LogP) is 5.21. The topological polar surface area (TPSA) is 3.24 Å². The molecular formula is C18H37N. The summed E-state index contributed by atoms with van der Waals surface area (Å²) in [5.41, 5.74) is 0. The maximum Gasteiger partial charge on any atom is 0.000439 e. The molecule has 0 bridgehead atoms. The van der Waals surface area contributed by atoms with Gasteiger partial charge in [0, 0.05) is 6.54 Å². The molecule has 1 saturated heterocycles. The number of rotatable bonds is 8. The highest BCUT2D eigenvalue weighted by molar-refractivity contribution is 4.74. The van der Waals surface area contributed by atoms with Gasteiger partial charge in [0.2, 0.25) is 0 Å². The molecule has 1 fully saturated rings. The Bertz CT molecular complexity index is 216. The van der Waals surface area contributed by atoms with E-state index >= 15 is 0 Å². The van der Waals surface area contributed by atoms with E-state index in [-0.39, 0.29) is 0 Å². The first-order valence-electron chi connectivity index (χ1n) is 8.73. The summed E-state index contributed by atoms with van der Waals surface area (Å²) in [6.07, 6.45) is 8.60. The fraction of sp³-hybridized carbons (Fsp3) is 1.00. The van der Waals surface area contributed by atoms with Crippen molar-refractivity contribution in [3.05, 3.63) is 0 Å². The van der Waals surface area contributed by atoms with Crippen molar-refractivity contribution in [2.24, 2.45) is 23.7 Å². The molecular weight excluding hydrogens is 230 g/mol. The molecule has 0 spiro atoms. The Morgan fingerprint density at radius 1 is 0.947 bits per heavy atom. The highest BCUT2D eigenvalue weighted by atomic mass is 15.1. The first-order chi connectivity index (χ1) is 9.01. The van der Waals surface area contributed by atoms with E-state index in [4.69, 9.17) is 0 Å². The Balaban J connectivity index is 2.14. The SMILES string of the molecule is CCC(C)CCC(C)CC1CCN(CC(C)C)CC1.